The van der Waals surface area contributed by atoms with Crippen LogP contribution in [0.1, 0.15) is 60.3 Å². The van der Waals surface area contributed by atoms with E-state index in [0.29, 0.717) is 11.5 Å². The lowest BCUT2D eigenvalue weighted by atomic mass is 9.83. The van der Waals surface area contributed by atoms with Crippen LogP contribution < -0.4 is 5.32 Å². The number of hydrogen-bond acceptors (Lipinski definition) is 3. The molecule has 0 aromatic heterocycles. The minimum Gasteiger partial charge on any atom is -0.381 e. The molecule has 1 atom stereocenters. The molecule has 1 heterocycles. The molecule has 1 unspecified atom stereocenters. The van der Waals surface area contributed by atoms with Gasteiger partial charge >= 0.3 is 0 Å². The Bertz CT molecular complexity index is 267. The van der Waals surface area contributed by atoms with Gasteiger partial charge in [-0.05, 0) is 45.4 Å². The van der Waals surface area contributed by atoms with Crippen LogP contribution in [0.3, 0.4) is 0 Å². The first-order valence-corrected chi connectivity index (χ1v) is 8.28. The molecule has 0 spiro atoms. The highest BCUT2D eigenvalue weighted by atomic mass is 16.5. The van der Waals surface area contributed by atoms with Gasteiger partial charge in [-0.15, -0.1) is 0 Å². The summed E-state index contributed by atoms with van der Waals surface area (Å²) >= 11 is 0. The summed E-state index contributed by atoms with van der Waals surface area (Å²) < 4.78 is 5.47. The third-order valence-electron chi connectivity index (χ3n) is 4.37. The lowest BCUT2D eigenvalue weighted by molar-refractivity contribution is 0.0260. The summed E-state index contributed by atoms with van der Waals surface area (Å²) in [6.07, 6.45) is 5.41. The van der Waals surface area contributed by atoms with Crippen LogP contribution in [-0.2, 0) is 4.74 Å². The van der Waals surface area contributed by atoms with E-state index in [1.54, 1.807) is 0 Å². The molecule has 1 N–H and O–H groups in total. The minimum absolute atomic E-state index is 0.206. The quantitative estimate of drug-likeness (QED) is 0.776. The van der Waals surface area contributed by atoms with E-state index in [9.17, 15) is 0 Å². The van der Waals surface area contributed by atoms with Gasteiger partial charge < -0.3 is 15.0 Å². The van der Waals surface area contributed by atoms with Crippen molar-refractivity contribution in [1.29, 1.82) is 0 Å². The zero-order valence-corrected chi connectivity index (χ0v) is 14.6. The number of nitrogens with zero attached hydrogens (tertiary/aromatic N) is 1. The highest BCUT2D eigenvalue weighted by Gasteiger charge is 2.29. The molecule has 1 aliphatic rings. The number of rotatable bonds is 7. The molecular formula is C17H36N2O. The highest BCUT2D eigenvalue weighted by molar-refractivity contribution is 4.85. The predicted octanol–water partition coefficient (Wildman–Crippen LogP) is 3.29. The van der Waals surface area contributed by atoms with E-state index in [1.165, 1.54) is 45.3 Å². The fraction of sp³-hybridized carbons (Fsp3) is 1.00. The van der Waals surface area contributed by atoms with E-state index >= 15 is 0 Å². The first kappa shape index (κ1) is 17.9. The monoisotopic (exact) mass is 284 g/mol. The van der Waals surface area contributed by atoms with Crippen LogP contribution in [0.2, 0.25) is 0 Å². The zero-order valence-electron chi connectivity index (χ0n) is 14.6. The number of ether oxygens (including phenoxy) is 1. The van der Waals surface area contributed by atoms with Crippen LogP contribution in [0, 0.1) is 5.41 Å². The molecule has 120 valence electrons. The van der Waals surface area contributed by atoms with Gasteiger partial charge in [0.15, 0.2) is 0 Å². The van der Waals surface area contributed by atoms with Gasteiger partial charge in [-0.1, -0.05) is 20.3 Å². The van der Waals surface area contributed by atoms with Crippen molar-refractivity contribution in [1.82, 2.24) is 10.2 Å². The Morgan fingerprint density at radius 3 is 2.20 bits per heavy atom. The van der Waals surface area contributed by atoms with Gasteiger partial charge in [0, 0.05) is 38.8 Å². The van der Waals surface area contributed by atoms with E-state index in [-0.39, 0.29) is 5.54 Å². The number of piperidine rings is 1. The first-order valence-electron chi connectivity index (χ1n) is 8.28. The van der Waals surface area contributed by atoms with Gasteiger partial charge in [0.2, 0.25) is 0 Å². The van der Waals surface area contributed by atoms with Gasteiger partial charge in [0.1, 0.15) is 0 Å². The average molecular weight is 284 g/mol. The first-order chi connectivity index (χ1) is 9.28. The molecule has 1 aliphatic heterocycles. The Labute approximate surface area is 126 Å². The van der Waals surface area contributed by atoms with Crippen molar-refractivity contribution in [2.45, 2.75) is 71.9 Å². The summed E-state index contributed by atoms with van der Waals surface area (Å²) in [6.45, 7) is 16.2. The molecule has 0 radical (unpaired) electrons. The second-order valence-corrected chi connectivity index (χ2v) is 7.88. The van der Waals surface area contributed by atoms with E-state index in [4.69, 9.17) is 4.74 Å². The maximum atomic E-state index is 5.47. The molecule has 1 rings (SSSR count). The van der Waals surface area contributed by atoms with Crippen LogP contribution >= 0.6 is 0 Å². The molecule has 1 fully saturated rings. The van der Waals surface area contributed by atoms with Crippen molar-refractivity contribution < 1.29 is 4.74 Å². The maximum absolute atomic E-state index is 5.47. The Hall–Kier alpha value is -0.120. The summed E-state index contributed by atoms with van der Waals surface area (Å²) in [5, 5.41) is 3.71. The largest absolute Gasteiger partial charge is 0.381 e. The third kappa shape index (κ3) is 6.55. The lowest BCUT2D eigenvalue weighted by Gasteiger charge is -2.40. The van der Waals surface area contributed by atoms with E-state index in [1.807, 2.05) is 7.11 Å². The molecule has 0 saturated carbocycles. The Balaban J connectivity index is 2.49. The SMILES string of the molecule is CCCC(C)(CNC(C)(C)C)CN1CCC(OC)CC1. The molecule has 3 heteroatoms. The van der Waals surface area contributed by atoms with Crippen LogP contribution in [0.4, 0.5) is 0 Å². The summed E-state index contributed by atoms with van der Waals surface area (Å²) in [7, 11) is 1.84. The average Bonchev–Trinajstić information content (AvgIpc) is 2.37. The topological polar surface area (TPSA) is 24.5 Å². The fourth-order valence-corrected chi connectivity index (χ4v) is 3.15. The van der Waals surface area contributed by atoms with Gasteiger partial charge in [0.25, 0.3) is 0 Å². The number of hydrogen-bond donors (Lipinski definition) is 1. The van der Waals surface area contributed by atoms with Crippen LogP contribution in [-0.4, -0.2) is 49.8 Å². The van der Waals surface area contributed by atoms with E-state index < -0.39 is 0 Å². The maximum Gasteiger partial charge on any atom is 0.0595 e. The molecule has 0 aromatic carbocycles. The number of nitrogens with one attached hydrogen (secondary N) is 1. The highest BCUT2D eigenvalue weighted by Crippen LogP contribution is 2.26. The van der Waals surface area contributed by atoms with Gasteiger partial charge in [-0.25, -0.2) is 0 Å². The zero-order chi connectivity index (χ0) is 15.2. The van der Waals surface area contributed by atoms with Gasteiger partial charge in [-0.2, -0.15) is 0 Å². The van der Waals surface area contributed by atoms with Crippen LogP contribution in [0.5, 0.6) is 0 Å². The molecule has 3 nitrogen and oxygen atoms in total. The third-order valence-corrected chi connectivity index (χ3v) is 4.37. The van der Waals surface area contributed by atoms with Crippen molar-refractivity contribution in [3.8, 4) is 0 Å². The van der Waals surface area contributed by atoms with Crippen molar-refractivity contribution in [2.75, 3.05) is 33.3 Å². The Morgan fingerprint density at radius 2 is 1.75 bits per heavy atom. The summed E-state index contributed by atoms with van der Waals surface area (Å²) in [6, 6.07) is 0. The number of likely N-dealkylation sites (tertiary alicyclic amines) is 1. The summed E-state index contributed by atoms with van der Waals surface area (Å²) in [5.41, 5.74) is 0.583. The normalized spacial score (nSPS) is 21.9. The standard InChI is InChI=1S/C17H36N2O/c1-7-10-17(5,13-18-16(2,3)4)14-19-11-8-15(20-6)9-12-19/h15,18H,7-14H2,1-6H3. The Morgan fingerprint density at radius 1 is 1.15 bits per heavy atom. The van der Waals surface area contributed by atoms with Crippen LogP contribution in [0.25, 0.3) is 0 Å². The molecular weight excluding hydrogens is 248 g/mol. The minimum atomic E-state index is 0.206. The molecule has 20 heavy (non-hydrogen) atoms. The molecule has 1 saturated heterocycles. The van der Waals surface area contributed by atoms with Crippen molar-refractivity contribution >= 4 is 0 Å². The molecule has 0 bridgehead atoms. The van der Waals surface area contributed by atoms with E-state index in [2.05, 4.69) is 44.8 Å². The molecule has 0 amide bonds. The second-order valence-electron chi connectivity index (χ2n) is 7.88. The second kappa shape index (κ2) is 7.77. The van der Waals surface area contributed by atoms with Crippen molar-refractivity contribution in [3.05, 3.63) is 0 Å². The smallest absolute Gasteiger partial charge is 0.0595 e. The van der Waals surface area contributed by atoms with Gasteiger partial charge in [0.05, 0.1) is 6.10 Å². The molecule has 0 aromatic rings. The fourth-order valence-electron chi connectivity index (χ4n) is 3.15. The number of methoxy groups -OCH3 is 1. The predicted molar refractivity (Wildman–Crippen MR) is 87.2 cm³/mol. The Kier molecular flexibility index (Phi) is 6.96. The van der Waals surface area contributed by atoms with Crippen LogP contribution in [0.15, 0.2) is 0 Å². The molecule has 0 aliphatic carbocycles. The van der Waals surface area contributed by atoms with Crippen molar-refractivity contribution in [3.63, 3.8) is 0 Å². The van der Waals surface area contributed by atoms with Gasteiger partial charge in [-0.3, -0.25) is 0 Å². The van der Waals surface area contributed by atoms with Crippen molar-refractivity contribution in [2.24, 2.45) is 5.41 Å². The van der Waals surface area contributed by atoms with E-state index in [0.717, 1.165) is 6.54 Å². The lowest BCUT2D eigenvalue weighted by Crippen LogP contribution is -2.49. The summed E-state index contributed by atoms with van der Waals surface area (Å²) in [4.78, 5) is 2.63. The summed E-state index contributed by atoms with van der Waals surface area (Å²) in [5.74, 6) is 0.